The van der Waals surface area contributed by atoms with Gasteiger partial charge in [0.1, 0.15) is 11.6 Å². The van der Waals surface area contributed by atoms with Gasteiger partial charge < -0.3 is 25.0 Å². The van der Waals surface area contributed by atoms with Crippen molar-refractivity contribution >= 4 is 17.6 Å². The van der Waals surface area contributed by atoms with E-state index in [0.717, 1.165) is 19.3 Å². The number of alkyl halides is 3. The van der Waals surface area contributed by atoms with Crippen molar-refractivity contribution in [3.63, 3.8) is 0 Å². The summed E-state index contributed by atoms with van der Waals surface area (Å²) in [5, 5.41) is 0. The average Bonchev–Trinajstić information content (AvgIpc) is 2.65. The maximum atomic E-state index is 13.6. The fraction of sp³-hybridized carbons (Fsp3) is 0.556. The van der Waals surface area contributed by atoms with E-state index in [1.165, 1.54) is 0 Å². The molecule has 3 saturated heterocycles. The second kappa shape index (κ2) is 6.91. The van der Waals surface area contributed by atoms with Crippen LogP contribution in [0.25, 0.3) is 11.4 Å². The summed E-state index contributed by atoms with van der Waals surface area (Å²) in [5.74, 6) is 0.593. The predicted octanol–water partition coefficient (Wildman–Crippen LogP) is 1.21. The summed E-state index contributed by atoms with van der Waals surface area (Å²) in [6.07, 6.45) is -3.68. The molecular formula is C18H20F3N7O2. The number of aromatic nitrogens is 4. The van der Waals surface area contributed by atoms with E-state index >= 15 is 0 Å². The first kappa shape index (κ1) is 19.2. The van der Waals surface area contributed by atoms with Crippen molar-refractivity contribution in [1.82, 2.24) is 19.9 Å². The number of ether oxygens (including phenoxy) is 2. The van der Waals surface area contributed by atoms with Crippen LogP contribution in [0.15, 0.2) is 12.3 Å². The summed E-state index contributed by atoms with van der Waals surface area (Å²) in [4.78, 5) is 20.0. The summed E-state index contributed by atoms with van der Waals surface area (Å²) in [7, 11) is 0. The third-order valence-electron chi connectivity index (χ3n) is 5.54. The van der Waals surface area contributed by atoms with Crippen molar-refractivity contribution in [2.45, 2.75) is 6.18 Å². The standard InChI is InChI=1S/C18H20F3N7O2/c19-18(20,21)14-11(6-23-16(22)26-14)15-24-12(27-1-3-29-4-2-27)5-13(25-15)28-7-17(8-28)9-30-10-17/h5-6H,1-4,7-10H2,(H2,22,23,26). The maximum Gasteiger partial charge on any atom is 0.434 e. The van der Waals surface area contributed by atoms with Gasteiger partial charge >= 0.3 is 6.18 Å². The average molecular weight is 423 g/mol. The molecule has 9 nitrogen and oxygen atoms in total. The normalized spacial score (nSPS) is 20.8. The van der Waals surface area contributed by atoms with E-state index in [9.17, 15) is 13.2 Å². The molecule has 0 aliphatic carbocycles. The minimum absolute atomic E-state index is 0.0767. The zero-order chi connectivity index (χ0) is 20.9. The van der Waals surface area contributed by atoms with E-state index in [-0.39, 0.29) is 16.8 Å². The van der Waals surface area contributed by atoms with Gasteiger partial charge in [-0.15, -0.1) is 0 Å². The third-order valence-corrected chi connectivity index (χ3v) is 5.54. The molecule has 0 saturated carbocycles. The molecular weight excluding hydrogens is 403 g/mol. The highest BCUT2D eigenvalue weighted by molar-refractivity contribution is 5.65. The Morgan fingerprint density at radius 2 is 1.63 bits per heavy atom. The van der Waals surface area contributed by atoms with Crippen molar-refractivity contribution in [2.75, 3.05) is 68.1 Å². The minimum Gasteiger partial charge on any atom is -0.380 e. The van der Waals surface area contributed by atoms with Gasteiger partial charge in [0.25, 0.3) is 0 Å². The van der Waals surface area contributed by atoms with Gasteiger partial charge in [0.05, 0.1) is 37.4 Å². The van der Waals surface area contributed by atoms with Gasteiger partial charge in [-0.1, -0.05) is 0 Å². The van der Waals surface area contributed by atoms with Crippen LogP contribution < -0.4 is 15.5 Å². The van der Waals surface area contributed by atoms with Crippen molar-refractivity contribution in [2.24, 2.45) is 5.41 Å². The number of morpholine rings is 1. The lowest BCUT2D eigenvalue weighted by Crippen LogP contribution is -2.66. The largest absolute Gasteiger partial charge is 0.434 e. The van der Waals surface area contributed by atoms with Crippen molar-refractivity contribution in [3.05, 3.63) is 18.0 Å². The molecule has 0 aromatic carbocycles. The van der Waals surface area contributed by atoms with E-state index in [1.54, 1.807) is 0 Å². The van der Waals surface area contributed by atoms with Crippen molar-refractivity contribution in [1.29, 1.82) is 0 Å². The molecule has 0 bridgehead atoms. The summed E-state index contributed by atoms with van der Waals surface area (Å²) in [6, 6.07) is 1.81. The quantitative estimate of drug-likeness (QED) is 0.780. The van der Waals surface area contributed by atoms with Gasteiger partial charge in [-0.2, -0.15) is 13.2 Å². The first-order chi connectivity index (χ1) is 14.3. The first-order valence-electron chi connectivity index (χ1n) is 9.58. The maximum absolute atomic E-state index is 13.6. The number of nitrogens with zero attached hydrogens (tertiary/aromatic N) is 6. The molecule has 2 aromatic heterocycles. The van der Waals surface area contributed by atoms with Crippen LogP contribution in [0.1, 0.15) is 5.69 Å². The number of rotatable bonds is 3. The first-order valence-corrected chi connectivity index (χ1v) is 9.58. The van der Waals surface area contributed by atoms with Gasteiger partial charge in [0.15, 0.2) is 11.5 Å². The molecule has 3 aliphatic heterocycles. The summed E-state index contributed by atoms with van der Waals surface area (Å²) >= 11 is 0. The topological polar surface area (TPSA) is 103 Å². The fourth-order valence-corrected chi connectivity index (χ4v) is 3.93. The zero-order valence-electron chi connectivity index (χ0n) is 16.0. The third kappa shape index (κ3) is 3.39. The number of hydrogen-bond donors (Lipinski definition) is 1. The monoisotopic (exact) mass is 423 g/mol. The Bertz CT molecular complexity index is 953. The molecule has 30 heavy (non-hydrogen) atoms. The Morgan fingerprint density at radius 3 is 2.23 bits per heavy atom. The smallest absolute Gasteiger partial charge is 0.380 e. The fourth-order valence-electron chi connectivity index (χ4n) is 3.93. The van der Waals surface area contributed by atoms with Crippen LogP contribution >= 0.6 is 0 Å². The highest BCUT2D eigenvalue weighted by Gasteiger charge is 2.49. The Balaban J connectivity index is 1.57. The van der Waals surface area contributed by atoms with Crippen LogP contribution in [0.2, 0.25) is 0 Å². The zero-order valence-corrected chi connectivity index (χ0v) is 16.0. The lowest BCUT2D eigenvalue weighted by atomic mass is 9.78. The molecule has 2 N–H and O–H groups in total. The number of hydrogen-bond acceptors (Lipinski definition) is 9. The molecule has 0 radical (unpaired) electrons. The highest BCUT2D eigenvalue weighted by Crippen LogP contribution is 2.41. The summed E-state index contributed by atoms with van der Waals surface area (Å²) in [6.45, 7) is 5.13. The Hall–Kier alpha value is -2.73. The number of halogens is 3. The van der Waals surface area contributed by atoms with Crippen LogP contribution in [-0.4, -0.2) is 72.5 Å². The van der Waals surface area contributed by atoms with E-state index < -0.39 is 17.8 Å². The van der Waals surface area contributed by atoms with Gasteiger partial charge in [-0.25, -0.2) is 19.9 Å². The van der Waals surface area contributed by atoms with Crippen LogP contribution in [0.5, 0.6) is 0 Å². The predicted molar refractivity (Wildman–Crippen MR) is 101 cm³/mol. The SMILES string of the molecule is Nc1ncc(-c2nc(N3CCOCC3)cc(N3CC4(COC4)C3)n2)c(C(F)(F)F)n1. The Labute approximate surface area is 170 Å². The van der Waals surface area contributed by atoms with Gasteiger partial charge in [-0.3, -0.25) is 0 Å². The molecule has 160 valence electrons. The van der Waals surface area contributed by atoms with E-state index in [2.05, 4.69) is 19.9 Å². The van der Waals surface area contributed by atoms with E-state index in [1.807, 2.05) is 15.9 Å². The lowest BCUT2D eigenvalue weighted by Gasteiger charge is -2.55. The van der Waals surface area contributed by atoms with Crippen LogP contribution in [0.4, 0.5) is 30.8 Å². The Morgan fingerprint density at radius 1 is 0.967 bits per heavy atom. The minimum atomic E-state index is -4.71. The second-order valence-electron chi connectivity index (χ2n) is 7.84. The molecule has 0 amide bonds. The van der Waals surface area contributed by atoms with E-state index in [0.29, 0.717) is 51.2 Å². The number of anilines is 3. The number of nitrogen functional groups attached to an aromatic ring is 1. The molecule has 5 rings (SSSR count). The number of nitrogens with two attached hydrogens (primary N) is 1. The van der Waals surface area contributed by atoms with Crippen molar-refractivity contribution in [3.8, 4) is 11.4 Å². The highest BCUT2D eigenvalue weighted by atomic mass is 19.4. The van der Waals surface area contributed by atoms with E-state index in [4.69, 9.17) is 15.2 Å². The molecule has 5 heterocycles. The molecule has 0 unspecified atom stereocenters. The van der Waals surface area contributed by atoms with Crippen LogP contribution in [0.3, 0.4) is 0 Å². The lowest BCUT2D eigenvalue weighted by molar-refractivity contribution is -0.140. The van der Waals surface area contributed by atoms with Crippen molar-refractivity contribution < 1.29 is 22.6 Å². The Kier molecular flexibility index (Phi) is 4.43. The second-order valence-corrected chi connectivity index (χ2v) is 7.84. The van der Waals surface area contributed by atoms with Gasteiger partial charge in [0.2, 0.25) is 5.95 Å². The molecule has 2 aromatic rings. The van der Waals surface area contributed by atoms with Crippen LogP contribution in [0, 0.1) is 5.41 Å². The molecule has 0 atom stereocenters. The van der Waals surface area contributed by atoms with Gasteiger partial charge in [-0.05, 0) is 0 Å². The molecule has 1 spiro atoms. The van der Waals surface area contributed by atoms with Crippen LogP contribution in [-0.2, 0) is 15.7 Å². The molecule has 12 heteroatoms. The summed E-state index contributed by atoms with van der Waals surface area (Å²) in [5.41, 5.74) is 4.09. The molecule has 3 fully saturated rings. The summed E-state index contributed by atoms with van der Waals surface area (Å²) < 4.78 is 51.5. The molecule has 3 aliphatic rings. The van der Waals surface area contributed by atoms with Gasteiger partial charge in [0, 0.05) is 38.4 Å².